The molecule has 3 unspecified atom stereocenters. The third-order valence-electron chi connectivity index (χ3n) is 5.39. The molecule has 2 aliphatic heterocycles. The lowest BCUT2D eigenvalue weighted by Gasteiger charge is -2.38. The van der Waals surface area contributed by atoms with Gasteiger partial charge in [-0.3, -0.25) is 19.2 Å². The van der Waals surface area contributed by atoms with E-state index < -0.39 is 46.8 Å². The molecule has 2 fully saturated rings. The molecule has 0 radical (unpaired) electrons. The number of imide groups is 1. The Kier molecular flexibility index (Phi) is 6.09. The third-order valence-corrected chi connectivity index (χ3v) is 7.44. The van der Waals surface area contributed by atoms with Crippen molar-refractivity contribution in [3.63, 3.8) is 0 Å². The number of aromatic nitrogens is 1. The number of amides is 4. The summed E-state index contributed by atoms with van der Waals surface area (Å²) in [6.07, 6.45) is -4.87. The van der Waals surface area contributed by atoms with Crippen molar-refractivity contribution in [1.82, 2.24) is 19.5 Å². The molecule has 2 saturated heterocycles. The number of anilines is 1. The lowest BCUT2D eigenvalue weighted by molar-refractivity contribution is -0.140. The molecule has 4 amide bonds. The summed E-state index contributed by atoms with van der Waals surface area (Å²) < 4.78 is 55.1. The first-order valence-electron chi connectivity index (χ1n) is 9.55. The van der Waals surface area contributed by atoms with Crippen LogP contribution in [0, 0.1) is 11.7 Å². The van der Waals surface area contributed by atoms with Crippen molar-refractivity contribution in [3.05, 3.63) is 35.0 Å². The summed E-state index contributed by atoms with van der Waals surface area (Å²) in [4.78, 5) is 43.8. The minimum absolute atomic E-state index is 0.0698. The number of hydrogen-bond donors (Lipinski definition) is 2. The summed E-state index contributed by atoms with van der Waals surface area (Å²) in [5, 5.41) is 3.82. The number of fused-ring (bicyclic) bond motifs is 1. The molecule has 0 saturated carbocycles. The Bertz CT molecular complexity index is 1130. The Morgan fingerprint density at radius 2 is 2.00 bits per heavy atom. The molecule has 3 heterocycles. The van der Waals surface area contributed by atoms with Crippen LogP contribution in [-0.4, -0.2) is 58.1 Å². The van der Waals surface area contributed by atoms with Gasteiger partial charge in [0.15, 0.2) is 5.13 Å². The second-order valence-corrected chi connectivity index (χ2v) is 9.34. The van der Waals surface area contributed by atoms with Gasteiger partial charge in [0.05, 0.1) is 17.2 Å². The highest BCUT2D eigenvalue weighted by Gasteiger charge is 2.51. The average molecular weight is 504 g/mol. The minimum Gasteiger partial charge on any atom is -0.313 e. The number of urea groups is 1. The van der Waals surface area contributed by atoms with E-state index in [1.54, 1.807) is 7.05 Å². The molecule has 2 N–H and O–H groups in total. The fraction of sp³-hybridized carbons (Fsp3) is 0.368. The second-order valence-electron chi connectivity index (χ2n) is 7.53. The molecule has 2 aromatic rings. The van der Waals surface area contributed by atoms with Crippen molar-refractivity contribution in [2.75, 3.05) is 19.4 Å². The van der Waals surface area contributed by atoms with Crippen molar-refractivity contribution in [3.8, 4) is 11.3 Å². The van der Waals surface area contributed by atoms with E-state index in [9.17, 15) is 31.9 Å². The van der Waals surface area contributed by atoms with Crippen molar-refractivity contribution >= 4 is 46.3 Å². The summed E-state index contributed by atoms with van der Waals surface area (Å²) in [5.41, 5.74) is -1.02. The average Bonchev–Trinajstić information content (AvgIpc) is 3.37. The molecule has 33 heavy (non-hydrogen) atoms. The zero-order chi connectivity index (χ0) is 24.1. The standard InChI is InChI=1S/C19H17F4N5O3S2/c1-27-15(30)14-11(26-33-16(14)28(2)18(27)31)6-13(29)25-17-24-12(7-32-17)8-3-4-9(10(20)5-8)19(21,22)23/h3-5,7,11,14,16,26H,6H2,1-2H3,(H,24,25,29). The maximum absolute atomic E-state index is 13.8. The Labute approximate surface area is 193 Å². The van der Waals surface area contributed by atoms with Gasteiger partial charge in [0.1, 0.15) is 11.2 Å². The molecule has 0 aliphatic carbocycles. The quantitative estimate of drug-likeness (QED) is 0.491. The van der Waals surface area contributed by atoms with Gasteiger partial charge in [0, 0.05) is 37.5 Å². The van der Waals surface area contributed by atoms with Crippen LogP contribution in [0.2, 0.25) is 0 Å². The maximum Gasteiger partial charge on any atom is 0.419 e. The van der Waals surface area contributed by atoms with Gasteiger partial charge in [-0.25, -0.2) is 14.2 Å². The Balaban J connectivity index is 1.42. The van der Waals surface area contributed by atoms with Crippen molar-refractivity contribution in [1.29, 1.82) is 0 Å². The van der Waals surface area contributed by atoms with Gasteiger partial charge < -0.3 is 10.2 Å². The van der Waals surface area contributed by atoms with Crippen LogP contribution in [0.4, 0.5) is 27.5 Å². The molecular formula is C19H17F4N5O3S2. The first-order valence-corrected chi connectivity index (χ1v) is 11.3. The Morgan fingerprint density at radius 1 is 1.27 bits per heavy atom. The van der Waals surface area contributed by atoms with Crippen molar-refractivity contribution in [2.24, 2.45) is 5.92 Å². The van der Waals surface area contributed by atoms with Gasteiger partial charge in [-0.1, -0.05) is 18.0 Å². The molecule has 1 aromatic heterocycles. The Morgan fingerprint density at radius 3 is 2.67 bits per heavy atom. The topological polar surface area (TPSA) is 94.6 Å². The van der Waals surface area contributed by atoms with Crippen LogP contribution >= 0.6 is 23.3 Å². The largest absolute Gasteiger partial charge is 0.419 e. The lowest BCUT2D eigenvalue weighted by Crippen LogP contribution is -2.58. The number of hydrogen-bond acceptors (Lipinski definition) is 7. The number of carbonyl (C=O) groups is 3. The first-order chi connectivity index (χ1) is 15.5. The number of nitrogens with one attached hydrogen (secondary N) is 2. The van der Waals surface area contributed by atoms with Gasteiger partial charge in [-0.2, -0.15) is 13.2 Å². The van der Waals surface area contributed by atoms with Gasteiger partial charge in [-0.15, -0.1) is 11.3 Å². The van der Waals surface area contributed by atoms with Crippen LogP contribution in [0.1, 0.15) is 12.0 Å². The van der Waals surface area contributed by atoms with Gasteiger partial charge in [0.2, 0.25) is 11.8 Å². The second kappa shape index (κ2) is 8.57. The number of halogens is 4. The minimum atomic E-state index is -4.80. The molecule has 4 rings (SSSR count). The van der Waals surface area contributed by atoms with Gasteiger partial charge in [0.25, 0.3) is 0 Å². The molecule has 0 spiro atoms. The highest BCUT2D eigenvalue weighted by atomic mass is 32.2. The van der Waals surface area contributed by atoms with Gasteiger partial charge >= 0.3 is 12.2 Å². The van der Waals surface area contributed by atoms with Crippen LogP contribution in [0.3, 0.4) is 0 Å². The molecule has 0 bridgehead atoms. The van der Waals surface area contributed by atoms with E-state index in [-0.39, 0.29) is 28.7 Å². The number of nitrogens with zero attached hydrogens (tertiary/aromatic N) is 3. The van der Waals surface area contributed by atoms with E-state index in [1.807, 2.05) is 0 Å². The zero-order valence-electron chi connectivity index (χ0n) is 17.1. The van der Waals surface area contributed by atoms with E-state index in [0.717, 1.165) is 28.4 Å². The molecule has 1 aromatic carbocycles. The highest BCUT2D eigenvalue weighted by molar-refractivity contribution is 7.98. The third kappa shape index (κ3) is 4.42. The van der Waals surface area contributed by atoms with E-state index in [4.69, 9.17) is 0 Å². The zero-order valence-corrected chi connectivity index (χ0v) is 18.8. The van der Waals surface area contributed by atoms with E-state index in [0.29, 0.717) is 6.07 Å². The van der Waals surface area contributed by atoms with Crippen LogP contribution in [-0.2, 0) is 15.8 Å². The number of carbonyl (C=O) groups excluding carboxylic acids is 3. The highest BCUT2D eigenvalue weighted by Crippen LogP contribution is 2.38. The summed E-state index contributed by atoms with van der Waals surface area (Å²) in [6, 6.07) is 1.55. The van der Waals surface area contributed by atoms with Crippen LogP contribution < -0.4 is 10.0 Å². The summed E-state index contributed by atoms with van der Waals surface area (Å²) in [7, 11) is 2.97. The first kappa shape index (κ1) is 23.4. The number of thiazole rings is 1. The number of benzene rings is 1. The molecule has 3 atom stereocenters. The van der Waals surface area contributed by atoms with E-state index in [2.05, 4.69) is 15.0 Å². The molecular weight excluding hydrogens is 486 g/mol. The Hall–Kier alpha value is -2.71. The fourth-order valence-corrected chi connectivity index (χ4v) is 5.67. The SMILES string of the molecule is CN1C(=O)C2C(CC(=O)Nc3nc(-c4ccc(C(F)(F)F)c(F)c4)cs3)NSC2N(C)C1=O. The molecule has 2 aliphatic rings. The predicted molar refractivity (Wildman–Crippen MR) is 113 cm³/mol. The van der Waals surface area contributed by atoms with E-state index in [1.165, 1.54) is 29.3 Å². The summed E-state index contributed by atoms with van der Waals surface area (Å²) >= 11 is 2.23. The fourth-order valence-electron chi connectivity index (χ4n) is 3.69. The van der Waals surface area contributed by atoms with Crippen LogP contribution in [0.25, 0.3) is 11.3 Å². The van der Waals surface area contributed by atoms with Gasteiger partial charge in [-0.05, 0) is 12.1 Å². The predicted octanol–water partition coefficient (Wildman–Crippen LogP) is 3.38. The van der Waals surface area contributed by atoms with Crippen LogP contribution in [0.15, 0.2) is 23.6 Å². The van der Waals surface area contributed by atoms with E-state index >= 15 is 0 Å². The molecule has 8 nitrogen and oxygen atoms in total. The molecule has 14 heteroatoms. The van der Waals surface area contributed by atoms with Crippen LogP contribution in [0.5, 0.6) is 0 Å². The monoisotopic (exact) mass is 503 g/mol. The molecule has 176 valence electrons. The summed E-state index contributed by atoms with van der Waals surface area (Å²) in [5.74, 6) is -2.83. The number of alkyl halides is 3. The maximum atomic E-state index is 13.8. The lowest BCUT2D eigenvalue weighted by atomic mass is 9.93. The van der Waals surface area contributed by atoms with Crippen molar-refractivity contribution < 1.29 is 31.9 Å². The normalized spacial score (nSPS) is 23.2. The van der Waals surface area contributed by atoms with Crippen molar-refractivity contribution in [2.45, 2.75) is 24.0 Å². The summed E-state index contributed by atoms with van der Waals surface area (Å²) in [6.45, 7) is 0. The smallest absolute Gasteiger partial charge is 0.313 e. The number of rotatable bonds is 4.